The van der Waals surface area contributed by atoms with Gasteiger partial charge in [0.15, 0.2) is 0 Å². The van der Waals surface area contributed by atoms with Crippen LogP contribution in [0.3, 0.4) is 0 Å². The monoisotopic (exact) mass is 829 g/mol. The SMILES string of the molecule is CC(C)(O)c1cc2nc(C3CCN(CC(=O)N4CCN(c5ccc6c(c5)C(=O)N(C5CCC(=O)NC5=O)C6=O)CC4)CC3)cn2cc1NC(=O)c1cccc(C(F)(F)F)n1. The van der Waals surface area contributed by atoms with E-state index in [1.54, 1.807) is 34.9 Å². The topological polar surface area (TPSA) is 190 Å². The number of likely N-dealkylation sites (tertiary alicyclic amines) is 1. The number of nitrogens with zero attached hydrogens (tertiary/aromatic N) is 7. The maximum atomic E-state index is 13.4. The molecule has 3 aromatic heterocycles. The maximum absolute atomic E-state index is 13.4. The Hall–Kier alpha value is -6.21. The van der Waals surface area contributed by atoms with Gasteiger partial charge in [0.05, 0.1) is 34.7 Å². The zero-order valence-corrected chi connectivity index (χ0v) is 32.8. The van der Waals surface area contributed by atoms with Gasteiger partial charge in [-0.15, -0.1) is 0 Å². The van der Waals surface area contributed by atoms with Gasteiger partial charge in [-0.05, 0) is 82.6 Å². The molecule has 1 unspecified atom stereocenters. The number of nitrogens with one attached hydrogen (secondary N) is 2. The standard InChI is InChI=1S/C41H42F3N9O7/c1-40(2,60)27-19-33-46-29(20-52(33)21-30(27)47-36(56)28-4-3-5-32(45-28)41(42,43)44)23-10-12-49(13-11-23)22-35(55)51-16-14-50(15-17-51)24-6-7-25-26(18-24)39(59)53(38(25)58)31-8-9-34(54)48-37(31)57/h3-7,18-21,23,31,60H,8-17,22H2,1-2H3,(H,47,56)(H,48,54,57). The molecule has 4 aliphatic heterocycles. The molecule has 0 spiro atoms. The van der Waals surface area contributed by atoms with Crippen molar-refractivity contribution in [2.45, 2.75) is 63.3 Å². The van der Waals surface area contributed by atoms with Crippen molar-refractivity contribution in [1.82, 2.24) is 34.4 Å². The van der Waals surface area contributed by atoms with Crippen molar-refractivity contribution in [2.24, 2.45) is 0 Å². The second-order valence-electron chi connectivity index (χ2n) is 16.0. The largest absolute Gasteiger partial charge is 0.433 e. The molecule has 0 aliphatic carbocycles. The molecule has 1 aromatic carbocycles. The lowest BCUT2D eigenvalue weighted by Gasteiger charge is -2.38. The molecule has 314 valence electrons. The first-order chi connectivity index (χ1) is 28.4. The highest BCUT2D eigenvalue weighted by Crippen LogP contribution is 2.34. The molecular weight excluding hydrogens is 788 g/mol. The number of carbonyl (C=O) groups excluding carboxylic acids is 6. The van der Waals surface area contributed by atoms with Crippen molar-refractivity contribution in [3.05, 3.63) is 88.6 Å². The van der Waals surface area contributed by atoms with Gasteiger partial charge < -0.3 is 24.6 Å². The van der Waals surface area contributed by atoms with E-state index in [-0.39, 0.29) is 48.0 Å². The number of carbonyl (C=O) groups is 6. The number of fused-ring (bicyclic) bond motifs is 2. The minimum Gasteiger partial charge on any atom is -0.386 e. The number of pyridine rings is 2. The number of piperidine rings is 2. The summed E-state index contributed by atoms with van der Waals surface area (Å²) in [6.07, 6.45) is 0.255. The van der Waals surface area contributed by atoms with Crippen LogP contribution in [0.15, 0.2) is 54.9 Å². The number of aliphatic hydroxyl groups is 1. The van der Waals surface area contributed by atoms with Gasteiger partial charge in [-0.3, -0.25) is 43.9 Å². The highest BCUT2D eigenvalue weighted by Gasteiger charge is 2.45. The van der Waals surface area contributed by atoms with Crippen LogP contribution in [0.5, 0.6) is 0 Å². The third kappa shape index (κ3) is 7.93. The fourth-order valence-corrected chi connectivity index (χ4v) is 8.31. The fourth-order valence-electron chi connectivity index (χ4n) is 8.31. The van der Waals surface area contributed by atoms with Gasteiger partial charge in [0.25, 0.3) is 17.7 Å². The van der Waals surface area contributed by atoms with Crippen molar-refractivity contribution < 1.29 is 47.0 Å². The van der Waals surface area contributed by atoms with Gasteiger partial charge in [-0.2, -0.15) is 13.2 Å². The lowest BCUT2D eigenvalue weighted by atomic mass is 9.94. The Morgan fingerprint density at radius 2 is 1.60 bits per heavy atom. The molecular formula is C41H42F3N9O7. The Balaban J connectivity index is 0.854. The summed E-state index contributed by atoms with van der Waals surface area (Å²) in [6.45, 7) is 6.58. The van der Waals surface area contributed by atoms with E-state index in [4.69, 9.17) is 4.98 Å². The predicted molar refractivity (Wildman–Crippen MR) is 208 cm³/mol. The van der Waals surface area contributed by atoms with Crippen LogP contribution in [-0.2, 0) is 26.2 Å². The molecule has 0 bridgehead atoms. The first-order valence-corrected chi connectivity index (χ1v) is 19.7. The van der Waals surface area contributed by atoms with Gasteiger partial charge in [0.1, 0.15) is 23.1 Å². The third-order valence-electron chi connectivity index (χ3n) is 11.6. The average molecular weight is 830 g/mol. The highest BCUT2D eigenvalue weighted by molar-refractivity contribution is 6.23. The average Bonchev–Trinajstić information content (AvgIpc) is 3.74. The van der Waals surface area contributed by atoms with E-state index in [2.05, 4.69) is 20.5 Å². The summed E-state index contributed by atoms with van der Waals surface area (Å²) in [6, 6.07) is 8.65. The van der Waals surface area contributed by atoms with E-state index in [0.717, 1.165) is 41.3 Å². The zero-order valence-electron chi connectivity index (χ0n) is 32.8. The van der Waals surface area contributed by atoms with E-state index in [9.17, 15) is 47.0 Å². The number of aromatic nitrogens is 3. The number of benzene rings is 1. The normalized spacial score (nSPS) is 19.6. The summed E-state index contributed by atoms with van der Waals surface area (Å²) >= 11 is 0. The minimum atomic E-state index is -4.72. The highest BCUT2D eigenvalue weighted by atomic mass is 19.4. The second kappa shape index (κ2) is 15.4. The molecule has 6 amide bonds. The molecule has 60 heavy (non-hydrogen) atoms. The van der Waals surface area contributed by atoms with Gasteiger partial charge in [0, 0.05) is 62.2 Å². The Morgan fingerprint density at radius 3 is 2.28 bits per heavy atom. The molecule has 4 aliphatic rings. The Labute approximate surface area is 341 Å². The van der Waals surface area contributed by atoms with Crippen LogP contribution < -0.4 is 15.5 Å². The molecule has 1 atom stereocenters. The molecule has 3 N–H and O–H groups in total. The number of hydrogen-bond donors (Lipinski definition) is 3. The molecule has 0 saturated carbocycles. The Bertz CT molecular complexity index is 2430. The summed E-state index contributed by atoms with van der Waals surface area (Å²) in [5.41, 5.74) is -0.101. The molecule has 16 nitrogen and oxygen atoms in total. The third-order valence-corrected chi connectivity index (χ3v) is 11.6. The number of imide groups is 2. The number of anilines is 2. The molecule has 19 heteroatoms. The van der Waals surface area contributed by atoms with Crippen molar-refractivity contribution >= 4 is 52.5 Å². The number of piperazine rings is 1. The minimum absolute atomic E-state index is 0.00416. The van der Waals surface area contributed by atoms with Gasteiger partial charge >= 0.3 is 6.18 Å². The quantitative estimate of drug-likeness (QED) is 0.221. The van der Waals surface area contributed by atoms with Gasteiger partial charge in [-0.1, -0.05) is 6.07 Å². The van der Waals surface area contributed by atoms with E-state index < -0.39 is 58.7 Å². The Morgan fingerprint density at radius 1 is 0.883 bits per heavy atom. The van der Waals surface area contributed by atoms with Crippen LogP contribution >= 0.6 is 0 Å². The van der Waals surface area contributed by atoms with Crippen LogP contribution in [0.25, 0.3) is 5.65 Å². The van der Waals surface area contributed by atoms with Crippen LogP contribution in [0.1, 0.15) is 93.6 Å². The van der Waals surface area contributed by atoms with Crippen LogP contribution in [-0.4, -0.2) is 121 Å². The first kappa shape index (κ1) is 40.6. The number of rotatable bonds is 8. The van der Waals surface area contributed by atoms with E-state index in [1.165, 1.54) is 19.9 Å². The van der Waals surface area contributed by atoms with Crippen LogP contribution in [0.4, 0.5) is 24.5 Å². The maximum Gasteiger partial charge on any atom is 0.433 e. The smallest absolute Gasteiger partial charge is 0.386 e. The molecule has 7 heterocycles. The molecule has 3 fully saturated rings. The number of hydrogen-bond acceptors (Lipinski definition) is 11. The van der Waals surface area contributed by atoms with E-state index in [1.807, 2.05) is 16.0 Å². The second-order valence-corrected chi connectivity index (χ2v) is 16.0. The van der Waals surface area contributed by atoms with Gasteiger partial charge in [0.2, 0.25) is 17.7 Å². The fraction of sp³-hybridized carbons (Fsp3) is 0.415. The predicted octanol–water partition coefficient (Wildman–Crippen LogP) is 3.16. The van der Waals surface area contributed by atoms with Crippen LogP contribution in [0.2, 0.25) is 0 Å². The summed E-state index contributed by atoms with van der Waals surface area (Å²) < 4.78 is 41.4. The lowest BCUT2D eigenvalue weighted by Crippen LogP contribution is -2.54. The van der Waals surface area contributed by atoms with Crippen molar-refractivity contribution in [3.8, 4) is 0 Å². The van der Waals surface area contributed by atoms with E-state index in [0.29, 0.717) is 50.5 Å². The van der Waals surface area contributed by atoms with Gasteiger partial charge in [-0.25, -0.2) is 9.97 Å². The molecule has 4 aromatic rings. The zero-order chi connectivity index (χ0) is 42.7. The van der Waals surface area contributed by atoms with Crippen molar-refractivity contribution in [1.29, 1.82) is 0 Å². The summed E-state index contributed by atoms with van der Waals surface area (Å²) in [7, 11) is 0. The summed E-state index contributed by atoms with van der Waals surface area (Å²) in [5, 5.41) is 15.8. The summed E-state index contributed by atoms with van der Waals surface area (Å²) in [5.74, 6) is -3.03. The Kier molecular flexibility index (Phi) is 10.4. The van der Waals surface area contributed by atoms with Crippen LogP contribution in [0, 0.1) is 0 Å². The molecule has 3 saturated heterocycles. The lowest BCUT2D eigenvalue weighted by molar-refractivity contribution is -0.141. The number of halogens is 3. The van der Waals surface area contributed by atoms with Crippen molar-refractivity contribution in [3.63, 3.8) is 0 Å². The molecule has 0 radical (unpaired) electrons. The summed E-state index contributed by atoms with van der Waals surface area (Å²) in [4.78, 5) is 92.1. The van der Waals surface area contributed by atoms with E-state index >= 15 is 0 Å². The van der Waals surface area contributed by atoms with Crippen molar-refractivity contribution in [2.75, 3.05) is 56.0 Å². The number of imidazole rings is 1. The molecule has 8 rings (SSSR count). The number of amides is 6. The first-order valence-electron chi connectivity index (χ1n) is 19.7. The number of alkyl halides is 3.